The van der Waals surface area contributed by atoms with Crippen molar-refractivity contribution in [3.63, 3.8) is 0 Å². The van der Waals surface area contributed by atoms with Gasteiger partial charge in [0.2, 0.25) is 11.7 Å². The van der Waals surface area contributed by atoms with E-state index in [9.17, 15) is 18.4 Å². The van der Waals surface area contributed by atoms with Crippen molar-refractivity contribution in [2.45, 2.75) is 0 Å². The maximum atomic E-state index is 13.6. The molecule has 2 N–H and O–H groups in total. The van der Waals surface area contributed by atoms with E-state index in [2.05, 4.69) is 22.2 Å². The molecular formula is C20H13Cl2F2N3O4. The van der Waals surface area contributed by atoms with Crippen molar-refractivity contribution in [2.75, 3.05) is 6.61 Å². The van der Waals surface area contributed by atoms with E-state index in [0.717, 1.165) is 18.3 Å². The van der Waals surface area contributed by atoms with Crippen molar-refractivity contribution in [3.05, 3.63) is 82.4 Å². The number of halogens is 4. The number of nitrogens with zero attached hydrogens (tertiary/aromatic N) is 1. The van der Waals surface area contributed by atoms with Gasteiger partial charge in [0.05, 0.1) is 16.2 Å². The van der Waals surface area contributed by atoms with Gasteiger partial charge in [0, 0.05) is 11.6 Å². The SMILES string of the molecule is C=C(NC(=O)COc1ccc(Cl)c(F)c1)NC(=O)c1cnc(-c2ccc(Cl)c(F)c2)o1. The van der Waals surface area contributed by atoms with Gasteiger partial charge in [-0.3, -0.25) is 9.59 Å². The van der Waals surface area contributed by atoms with Crippen molar-refractivity contribution >= 4 is 35.0 Å². The molecule has 0 spiro atoms. The van der Waals surface area contributed by atoms with Crippen LogP contribution in [-0.4, -0.2) is 23.4 Å². The zero-order chi connectivity index (χ0) is 22.5. The van der Waals surface area contributed by atoms with E-state index in [1.54, 1.807) is 0 Å². The van der Waals surface area contributed by atoms with E-state index in [0.29, 0.717) is 0 Å². The highest BCUT2D eigenvalue weighted by Gasteiger charge is 2.16. The molecule has 0 fully saturated rings. The molecular weight excluding hydrogens is 455 g/mol. The number of rotatable bonds is 7. The molecule has 0 unspecified atom stereocenters. The molecule has 0 aliphatic carbocycles. The number of aromatic nitrogens is 1. The van der Waals surface area contributed by atoms with E-state index in [4.69, 9.17) is 32.4 Å². The van der Waals surface area contributed by atoms with Gasteiger partial charge in [-0.1, -0.05) is 29.8 Å². The Bertz CT molecular complexity index is 1170. The van der Waals surface area contributed by atoms with Gasteiger partial charge in [-0.2, -0.15) is 0 Å². The summed E-state index contributed by atoms with van der Waals surface area (Å²) in [6.07, 6.45) is 1.13. The summed E-state index contributed by atoms with van der Waals surface area (Å²) < 4.78 is 37.4. The van der Waals surface area contributed by atoms with Crippen LogP contribution >= 0.6 is 23.2 Å². The number of carbonyl (C=O) groups excluding carboxylic acids is 2. The lowest BCUT2D eigenvalue weighted by molar-refractivity contribution is -0.122. The third-order valence-corrected chi connectivity index (χ3v) is 4.32. The lowest BCUT2D eigenvalue weighted by Gasteiger charge is -2.10. The van der Waals surface area contributed by atoms with Crippen LogP contribution in [-0.2, 0) is 4.79 Å². The van der Waals surface area contributed by atoms with E-state index >= 15 is 0 Å². The highest BCUT2D eigenvalue weighted by molar-refractivity contribution is 6.31. The number of ether oxygens (including phenoxy) is 1. The number of hydrogen-bond acceptors (Lipinski definition) is 5. The van der Waals surface area contributed by atoms with Gasteiger partial charge in [0.15, 0.2) is 6.61 Å². The average molecular weight is 468 g/mol. The largest absolute Gasteiger partial charge is 0.484 e. The first-order valence-electron chi connectivity index (χ1n) is 8.52. The molecule has 1 aromatic heterocycles. The summed E-state index contributed by atoms with van der Waals surface area (Å²) >= 11 is 11.2. The molecule has 0 aliphatic rings. The topological polar surface area (TPSA) is 93.5 Å². The summed E-state index contributed by atoms with van der Waals surface area (Å²) in [5.41, 5.74) is 0.281. The Kier molecular flexibility index (Phi) is 6.88. The molecule has 160 valence electrons. The smallest absolute Gasteiger partial charge is 0.294 e. The van der Waals surface area contributed by atoms with Gasteiger partial charge < -0.3 is 19.8 Å². The molecule has 0 aliphatic heterocycles. The first kappa shape index (κ1) is 22.3. The molecule has 2 aromatic carbocycles. The second kappa shape index (κ2) is 9.59. The Morgan fingerprint density at radius 3 is 2.42 bits per heavy atom. The van der Waals surface area contributed by atoms with Crippen molar-refractivity contribution in [1.82, 2.24) is 15.6 Å². The summed E-state index contributed by atoms with van der Waals surface area (Å²) in [5.74, 6) is -3.02. The molecule has 7 nitrogen and oxygen atoms in total. The molecule has 1 heterocycles. The summed E-state index contributed by atoms with van der Waals surface area (Å²) in [5, 5.41) is 4.45. The fourth-order valence-corrected chi connectivity index (χ4v) is 2.53. The number of carbonyl (C=O) groups is 2. The van der Waals surface area contributed by atoms with E-state index in [-0.39, 0.29) is 38.8 Å². The maximum Gasteiger partial charge on any atom is 0.294 e. The van der Waals surface area contributed by atoms with E-state index in [1.807, 2.05) is 0 Å². The van der Waals surface area contributed by atoms with Crippen LogP contribution in [0.1, 0.15) is 10.6 Å². The predicted octanol–water partition coefficient (Wildman–Crippen LogP) is 4.32. The van der Waals surface area contributed by atoms with Gasteiger partial charge in [0.1, 0.15) is 23.2 Å². The van der Waals surface area contributed by atoms with Gasteiger partial charge >= 0.3 is 0 Å². The lowest BCUT2D eigenvalue weighted by Crippen LogP contribution is -2.36. The Hall–Kier alpha value is -3.43. The van der Waals surface area contributed by atoms with Crippen LogP contribution in [0.4, 0.5) is 8.78 Å². The summed E-state index contributed by atoms with van der Waals surface area (Å²) in [6.45, 7) is 3.04. The van der Waals surface area contributed by atoms with Crippen LogP contribution in [0.5, 0.6) is 5.75 Å². The van der Waals surface area contributed by atoms with Crippen LogP contribution in [0.3, 0.4) is 0 Å². The number of oxazole rings is 1. The zero-order valence-corrected chi connectivity index (χ0v) is 17.1. The van der Waals surface area contributed by atoms with Crippen molar-refractivity contribution < 1.29 is 27.5 Å². The number of nitrogens with one attached hydrogen (secondary N) is 2. The summed E-state index contributed by atoms with van der Waals surface area (Å²) in [6, 6.07) is 7.62. The maximum absolute atomic E-state index is 13.6. The van der Waals surface area contributed by atoms with Crippen LogP contribution in [0.2, 0.25) is 10.0 Å². The quantitative estimate of drug-likeness (QED) is 0.539. The van der Waals surface area contributed by atoms with Crippen LogP contribution in [0, 0.1) is 11.6 Å². The molecule has 3 aromatic rings. The molecule has 0 saturated carbocycles. The van der Waals surface area contributed by atoms with Crippen LogP contribution in [0.15, 0.2) is 59.4 Å². The van der Waals surface area contributed by atoms with Crippen molar-refractivity contribution in [3.8, 4) is 17.2 Å². The molecule has 0 saturated heterocycles. The number of benzene rings is 2. The average Bonchev–Trinajstić information content (AvgIpc) is 3.21. The minimum absolute atomic E-state index is 0.000962. The third kappa shape index (κ3) is 5.80. The summed E-state index contributed by atoms with van der Waals surface area (Å²) in [7, 11) is 0. The fourth-order valence-electron chi connectivity index (χ4n) is 2.29. The monoisotopic (exact) mass is 467 g/mol. The van der Waals surface area contributed by atoms with Gasteiger partial charge in [-0.15, -0.1) is 0 Å². The van der Waals surface area contributed by atoms with Gasteiger partial charge in [-0.05, 0) is 30.3 Å². The molecule has 0 bridgehead atoms. The van der Waals surface area contributed by atoms with E-state index in [1.165, 1.54) is 24.3 Å². The minimum Gasteiger partial charge on any atom is -0.484 e. The lowest BCUT2D eigenvalue weighted by atomic mass is 10.2. The van der Waals surface area contributed by atoms with Gasteiger partial charge in [0.25, 0.3) is 11.8 Å². The fraction of sp³-hybridized carbons (Fsp3) is 0.0500. The second-order valence-corrected chi connectivity index (χ2v) is 6.82. The molecule has 0 atom stereocenters. The number of hydrogen-bond donors (Lipinski definition) is 2. The van der Waals surface area contributed by atoms with Crippen molar-refractivity contribution in [2.24, 2.45) is 0 Å². The Balaban J connectivity index is 1.52. The molecule has 11 heteroatoms. The van der Waals surface area contributed by atoms with Crippen LogP contribution in [0.25, 0.3) is 11.5 Å². The molecule has 0 radical (unpaired) electrons. The normalized spacial score (nSPS) is 10.5. The van der Waals surface area contributed by atoms with Gasteiger partial charge in [-0.25, -0.2) is 13.8 Å². The molecule has 31 heavy (non-hydrogen) atoms. The second-order valence-electron chi connectivity index (χ2n) is 6.00. The highest BCUT2D eigenvalue weighted by atomic mass is 35.5. The van der Waals surface area contributed by atoms with Crippen LogP contribution < -0.4 is 15.4 Å². The first-order valence-corrected chi connectivity index (χ1v) is 9.27. The Labute approximate surface area is 184 Å². The Morgan fingerprint density at radius 2 is 1.74 bits per heavy atom. The zero-order valence-electron chi connectivity index (χ0n) is 15.5. The van der Waals surface area contributed by atoms with Crippen molar-refractivity contribution in [1.29, 1.82) is 0 Å². The van der Waals surface area contributed by atoms with E-state index < -0.39 is 30.1 Å². The minimum atomic E-state index is -0.751. The number of amides is 2. The molecule has 2 amide bonds. The summed E-state index contributed by atoms with van der Waals surface area (Å²) in [4.78, 5) is 28.0. The third-order valence-electron chi connectivity index (χ3n) is 3.71. The molecule has 3 rings (SSSR count). The Morgan fingerprint density at radius 1 is 1.06 bits per heavy atom. The standard InChI is InChI=1S/C20H13Cl2F2N3O4/c1-10(26-18(28)9-30-12-3-5-14(22)16(24)7-12)27-19(29)17-8-25-20(31-17)11-2-4-13(21)15(23)6-11/h2-8H,1,9H2,(H,26,28)(H,27,29). The first-order chi connectivity index (χ1) is 14.7. The highest BCUT2D eigenvalue weighted by Crippen LogP contribution is 2.24. The predicted molar refractivity (Wildman–Crippen MR) is 109 cm³/mol.